The Bertz CT molecular complexity index is 1430. The highest BCUT2D eigenvalue weighted by molar-refractivity contribution is 6.50. The fraction of sp³-hybridized carbons (Fsp3) is 0.357. The zero-order valence-electron chi connectivity index (χ0n) is 20.7. The van der Waals surface area contributed by atoms with Crippen molar-refractivity contribution in [2.75, 3.05) is 13.1 Å². The van der Waals surface area contributed by atoms with Crippen LogP contribution in [0.15, 0.2) is 64.3 Å². The maximum absolute atomic E-state index is 13.4. The van der Waals surface area contributed by atoms with Crippen molar-refractivity contribution in [3.63, 3.8) is 0 Å². The molecule has 8 nitrogen and oxygen atoms in total. The van der Waals surface area contributed by atoms with E-state index in [0.717, 1.165) is 56.4 Å². The zero-order valence-corrected chi connectivity index (χ0v) is 20.7. The van der Waals surface area contributed by atoms with Crippen molar-refractivity contribution < 1.29 is 9.90 Å². The average molecular weight is 486 g/mol. The number of carbonyl (C=O) groups is 1. The molecule has 8 heteroatoms. The van der Waals surface area contributed by atoms with E-state index in [1.54, 1.807) is 38.4 Å². The Morgan fingerprint density at radius 3 is 2.67 bits per heavy atom. The van der Waals surface area contributed by atoms with Gasteiger partial charge in [-0.25, -0.2) is 9.78 Å². The molecule has 36 heavy (non-hydrogen) atoms. The number of aromatic nitrogens is 3. The number of fused-ring (bicyclic) bond motifs is 1. The Balaban J connectivity index is 1.39. The van der Waals surface area contributed by atoms with Crippen LogP contribution in [-0.4, -0.2) is 49.1 Å². The van der Waals surface area contributed by atoms with Crippen molar-refractivity contribution in [3.05, 3.63) is 81.7 Å². The van der Waals surface area contributed by atoms with Crippen LogP contribution in [-0.2, 0) is 0 Å². The van der Waals surface area contributed by atoms with Gasteiger partial charge in [0.05, 0.1) is 5.52 Å². The first-order valence-electron chi connectivity index (χ1n) is 12.5. The molecule has 2 aromatic heterocycles. The molecule has 5 rings (SSSR count). The Kier molecular flexibility index (Phi) is 6.59. The number of rotatable bonds is 4. The first-order chi connectivity index (χ1) is 17.4. The zero-order chi connectivity index (χ0) is 25.2. The number of piperidine rings is 1. The van der Waals surface area contributed by atoms with Crippen LogP contribution in [0.4, 0.5) is 0 Å². The summed E-state index contributed by atoms with van der Waals surface area (Å²) < 4.78 is 1.84. The molecule has 0 aliphatic carbocycles. The molecular weight excluding hydrogens is 454 g/mol. The smallest absolute Gasteiger partial charge is 0.327 e. The van der Waals surface area contributed by atoms with Gasteiger partial charge in [-0.2, -0.15) is 0 Å². The van der Waals surface area contributed by atoms with Crippen molar-refractivity contribution in [1.82, 2.24) is 19.4 Å². The monoisotopic (exact) mass is 485 g/mol. The highest BCUT2D eigenvalue weighted by Gasteiger charge is 2.26. The number of aryl methyl sites for hydroxylation is 2. The molecule has 2 N–H and O–H groups in total. The molecule has 4 heterocycles. The number of phenols is 1. The van der Waals surface area contributed by atoms with E-state index in [1.807, 2.05) is 28.9 Å². The Morgan fingerprint density at radius 2 is 1.92 bits per heavy atom. The van der Waals surface area contributed by atoms with E-state index in [9.17, 15) is 14.7 Å². The van der Waals surface area contributed by atoms with Gasteiger partial charge < -0.3 is 10.0 Å². The summed E-state index contributed by atoms with van der Waals surface area (Å²) in [6, 6.07) is 7.32. The normalized spacial score (nSPS) is 21.1. The molecule has 0 atom stereocenters. The number of nitrogens with zero attached hydrogens (tertiary/aromatic N) is 4. The van der Waals surface area contributed by atoms with E-state index in [0.29, 0.717) is 28.0 Å². The van der Waals surface area contributed by atoms with Gasteiger partial charge in [0.1, 0.15) is 11.5 Å². The van der Waals surface area contributed by atoms with Crippen LogP contribution in [0.2, 0.25) is 0 Å². The quantitative estimate of drug-likeness (QED) is 0.526. The number of allylic oxidation sites excluding steroid dienone is 3. The summed E-state index contributed by atoms with van der Waals surface area (Å²) in [5.41, 5.74) is 4.71. The van der Waals surface area contributed by atoms with E-state index < -0.39 is 0 Å². The standard InChI is InChI=1S/C28H31N5O3/c1-18-15-20(16-19(2)25(18)34)26(35)23-17-22(7-4-3-5-11-29-23)32-13-9-21(10-14-32)33-24-8-6-12-30-27(24)31-28(33)36/h5-6,8,11-12,15-17,21,34H,3-4,7,9-10,13-14H2,1-2H3,(H,30,31,36)/b11-5-,22-17+,29-23+. The lowest BCUT2D eigenvalue weighted by Crippen LogP contribution is -2.37. The molecular formula is C28H31N5O3. The van der Waals surface area contributed by atoms with Crippen molar-refractivity contribution in [2.45, 2.75) is 52.0 Å². The number of hydrogen-bond donors (Lipinski definition) is 2. The van der Waals surface area contributed by atoms with Crippen LogP contribution in [0.1, 0.15) is 59.6 Å². The maximum atomic E-state index is 13.4. The Morgan fingerprint density at radius 1 is 1.17 bits per heavy atom. The topological polar surface area (TPSA) is 104 Å². The highest BCUT2D eigenvalue weighted by atomic mass is 16.3. The fourth-order valence-corrected chi connectivity index (χ4v) is 5.22. The lowest BCUT2D eigenvalue weighted by Gasteiger charge is -2.35. The second-order valence-electron chi connectivity index (χ2n) is 9.60. The minimum Gasteiger partial charge on any atom is -0.507 e. The third kappa shape index (κ3) is 4.63. The molecule has 2 aliphatic heterocycles. The predicted molar refractivity (Wildman–Crippen MR) is 141 cm³/mol. The van der Waals surface area contributed by atoms with Gasteiger partial charge in [0.15, 0.2) is 5.65 Å². The van der Waals surface area contributed by atoms with Gasteiger partial charge in [-0.1, -0.05) is 6.08 Å². The number of phenolic OH excluding ortho intramolecular Hbond substituents is 1. The third-order valence-corrected chi connectivity index (χ3v) is 7.14. The number of hydrogen-bond acceptors (Lipinski definition) is 6. The predicted octanol–water partition coefficient (Wildman–Crippen LogP) is 4.59. The van der Waals surface area contributed by atoms with Crippen molar-refractivity contribution in [1.29, 1.82) is 0 Å². The van der Waals surface area contributed by atoms with Gasteiger partial charge in [0, 0.05) is 42.8 Å². The fourth-order valence-electron chi connectivity index (χ4n) is 5.22. The van der Waals surface area contributed by atoms with E-state index in [-0.39, 0.29) is 23.3 Å². The van der Waals surface area contributed by atoms with Gasteiger partial charge in [-0.05, 0) is 87.4 Å². The molecule has 0 radical (unpaired) electrons. The SMILES string of the molecule is Cc1cc(C(=O)C2=N/C=C\CCC/C(N3CCC(n4c(=O)[nH]c5ncccc54)CC3)=C\2)cc(C)c1O. The van der Waals surface area contributed by atoms with Crippen LogP contribution in [0.3, 0.4) is 0 Å². The number of ketones is 1. The second kappa shape index (κ2) is 9.97. The summed E-state index contributed by atoms with van der Waals surface area (Å²) in [6.45, 7) is 5.18. The third-order valence-electron chi connectivity index (χ3n) is 7.14. The number of aromatic hydroxyl groups is 1. The van der Waals surface area contributed by atoms with E-state index in [1.165, 1.54) is 0 Å². The lowest BCUT2D eigenvalue weighted by atomic mass is 9.98. The highest BCUT2D eigenvalue weighted by Crippen LogP contribution is 2.29. The summed E-state index contributed by atoms with van der Waals surface area (Å²) in [5.74, 6) is 0.0602. The van der Waals surface area contributed by atoms with Crippen LogP contribution in [0, 0.1) is 13.8 Å². The van der Waals surface area contributed by atoms with Gasteiger partial charge >= 0.3 is 5.69 Å². The lowest BCUT2D eigenvalue weighted by molar-refractivity contribution is 0.106. The molecule has 1 aromatic carbocycles. The number of pyridine rings is 1. The summed E-state index contributed by atoms with van der Waals surface area (Å²) in [5, 5.41) is 10.1. The number of carbonyl (C=O) groups excluding carboxylic acids is 1. The molecule has 0 unspecified atom stereocenters. The molecule has 0 spiro atoms. The molecule has 2 aliphatic rings. The summed E-state index contributed by atoms with van der Waals surface area (Å²) in [4.78, 5) is 40.0. The average Bonchev–Trinajstić information content (AvgIpc) is 3.27. The maximum Gasteiger partial charge on any atom is 0.327 e. The van der Waals surface area contributed by atoms with Gasteiger partial charge in [0.2, 0.25) is 5.78 Å². The minimum absolute atomic E-state index is 0.100. The first kappa shape index (κ1) is 23.8. The van der Waals surface area contributed by atoms with Gasteiger partial charge in [0.25, 0.3) is 0 Å². The summed E-state index contributed by atoms with van der Waals surface area (Å²) in [7, 11) is 0. The molecule has 0 bridgehead atoms. The number of nitrogens with one attached hydrogen (secondary N) is 1. The van der Waals surface area contributed by atoms with Crippen molar-refractivity contribution in [3.8, 4) is 5.75 Å². The summed E-state index contributed by atoms with van der Waals surface area (Å²) in [6.07, 6.45) is 11.7. The van der Waals surface area contributed by atoms with Gasteiger partial charge in [-0.15, -0.1) is 0 Å². The molecule has 1 saturated heterocycles. The number of benzene rings is 1. The Hall–Kier alpha value is -3.94. The number of likely N-dealkylation sites (tertiary alicyclic amines) is 1. The van der Waals surface area contributed by atoms with Crippen LogP contribution < -0.4 is 5.69 Å². The molecule has 0 amide bonds. The van der Waals surface area contributed by atoms with Gasteiger partial charge in [-0.3, -0.25) is 19.3 Å². The Labute approximate surface area is 209 Å². The van der Waals surface area contributed by atoms with Crippen LogP contribution >= 0.6 is 0 Å². The minimum atomic E-state index is -0.155. The first-order valence-corrected chi connectivity index (χ1v) is 12.5. The molecule has 0 saturated carbocycles. The number of H-pyrrole nitrogens is 1. The van der Waals surface area contributed by atoms with Crippen molar-refractivity contribution in [2.24, 2.45) is 4.99 Å². The van der Waals surface area contributed by atoms with Crippen molar-refractivity contribution >= 4 is 22.7 Å². The van der Waals surface area contributed by atoms with E-state index >= 15 is 0 Å². The number of imidazole rings is 1. The second-order valence-corrected chi connectivity index (χ2v) is 9.60. The molecule has 1 fully saturated rings. The number of aromatic amines is 1. The largest absolute Gasteiger partial charge is 0.507 e. The number of Topliss-reactive ketones (excluding diaryl/α,β-unsaturated/α-hetero) is 1. The molecule has 3 aromatic rings. The van der Waals surface area contributed by atoms with Crippen LogP contribution in [0.25, 0.3) is 11.2 Å². The van der Waals surface area contributed by atoms with E-state index in [2.05, 4.69) is 19.9 Å². The number of aliphatic imine (C=N–C) groups is 1. The van der Waals surface area contributed by atoms with E-state index in [4.69, 9.17) is 0 Å². The van der Waals surface area contributed by atoms with Crippen LogP contribution in [0.5, 0.6) is 5.75 Å². The molecule has 186 valence electrons. The summed E-state index contributed by atoms with van der Waals surface area (Å²) >= 11 is 0.